The number of carbonyl (C=O) groups is 1. The quantitative estimate of drug-likeness (QED) is 0.617. The number of amides is 1. The summed E-state index contributed by atoms with van der Waals surface area (Å²) >= 11 is 0. The van der Waals surface area contributed by atoms with Gasteiger partial charge in [0, 0.05) is 36.5 Å². The second kappa shape index (κ2) is 7.61. The summed E-state index contributed by atoms with van der Waals surface area (Å²) in [6.07, 6.45) is 1.65. The molecule has 0 saturated carbocycles. The van der Waals surface area contributed by atoms with Crippen molar-refractivity contribution in [3.63, 3.8) is 0 Å². The number of carbonyl (C=O) groups excluding carboxylic acids is 1. The van der Waals surface area contributed by atoms with E-state index in [1.165, 1.54) is 6.07 Å². The van der Waals surface area contributed by atoms with Crippen molar-refractivity contribution in [1.82, 2.24) is 5.32 Å². The molecule has 5 nitrogen and oxygen atoms in total. The lowest BCUT2D eigenvalue weighted by Crippen LogP contribution is -2.24. The molecule has 0 bridgehead atoms. The first-order chi connectivity index (χ1) is 9.36. The maximum atomic E-state index is 11.9. The van der Waals surface area contributed by atoms with Crippen LogP contribution in [0.15, 0.2) is 23.1 Å². The van der Waals surface area contributed by atoms with E-state index in [-0.39, 0.29) is 16.4 Å². The molecule has 1 aromatic rings. The third kappa shape index (κ3) is 5.11. The summed E-state index contributed by atoms with van der Waals surface area (Å²) in [5, 5.41) is 2.72. The summed E-state index contributed by atoms with van der Waals surface area (Å²) in [6, 6.07) is 4.43. The zero-order valence-corrected chi connectivity index (χ0v) is 13.1. The van der Waals surface area contributed by atoms with Gasteiger partial charge in [0.1, 0.15) is 0 Å². The number of benzene rings is 1. The van der Waals surface area contributed by atoms with Gasteiger partial charge in [0.2, 0.25) is 0 Å². The highest BCUT2D eigenvalue weighted by Crippen LogP contribution is 2.20. The van der Waals surface area contributed by atoms with Crippen molar-refractivity contribution in [3.05, 3.63) is 29.3 Å². The Hall–Kier alpha value is -1.11. The minimum absolute atomic E-state index is 0.0359. The van der Waals surface area contributed by atoms with Crippen LogP contribution in [-0.4, -0.2) is 34.6 Å². The van der Waals surface area contributed by atoms with E-state index in [0.29, 0.717) is 18.7 Å². The van der Waals surface area contributed by atoms with Crippen molar-refractivity contribution in [2.45, 2.75) is 24.7 Å². The molecular formula is C13H18ClNO4S. The summed E-state index contributed by atoms with van der Waals surface area (Å²) < 4.78 is 27.7. The van der Waals surface area contributed by atoms with Crippen LogP contribution >= 0.6 is 10.7 Å². The van der Waals surface area contributed by atoms with Gasteiger partial charge in [-0.2, -0.15) is 0 Å². The molecule has 0 aliphatic heterocycles. The zero-order valence-electron chi connectivity index (χ0n) is 11.5. The average molecular weight is 320 g/mol. The van der Waals surface area contributed by atoms with E-state index < -0.39 is 9.05 Å². The first-order valence-corrected chi connectivity index (χ1v) is 8.49. The molecule has 0 fully saturated rings. The van der Waals surface area contributed by atoms with E-state index in [1.807, 2.05) is 0 Å². The molecule has 1 amide bonds. The minimum Gasteiger partial charge on any atom is -0.385 e. The summed E-state index contributed by atoms with van der Waals surface area (Å²) in [6.45, 7) is 2.79. The summed E-state index contributed by atoms with van der Waals surface area (Å²) in [5.74, 6) is -0.316. The van der Waals surface area contributed by atoms with Crippen molar-refractivity contribution < 1.29 is 17.9 Å². The van der Waals surface area contributed by atoms with Crippen LogP contribution in [0, 0.1) is 6.92 Å². The maximum Gasteiger partial charge on any atom is 0.261 e. The molecule has 7 heteroatoms. The van der Waals surface area contributed by atoms with Crippen LogP contribution in [0.2, 0.25) is 0 Å². The molecule has 0 atom stereocenters. The van der Waals surface area contributed by atoms with Crippen molar-refractivity contribution in [1.29, 1.82) is 0 Å². The number of methoxy groups -OCH3 is 1. The standard InChI is InChI=1S/C13H18ClNO4S/c1-10-5-6-11(9-12(10)20(14,17)18)13(16)15-7-3-4-8-19-2/h5-6,9H,3-4,7-8H2,1-2H3,(H,15,16). The normalized spacial score (nSPS) is 11.3. The predicted octanol–water partition coefficient (Wildman–Crippen LogP) is 2.08. The van der Waals surface area contributed by atoms with Gasteiger partial charge in [0.15, 0.2) is 0 Å². The Morgan fingerprint density at radius 3 is 2.65 bits per heavy atom. The molecule has 1 N–H and O–H groups in total. The first-order valence-electron chi connectivity index (χ1n) is 6.18. The minimum atomic E-state index is -3.85. The summed E-state index contributed by atoms with van der Waals surface area (Å²) in [5.41, 5.74) is 0.790. The lowest BCUT2D eigenvalue weighted by atomic mass is 10.1. The molecule has 0 aliphatic carbocycles. The Kier molecular flexibility index (Phi) is 6.45. The van der Waals surface area contributed by atoms with Crippen LogP contribution in [0.5, 0.6) is 0 Å². The Balaban J connectivity index is 2.70. The summed E-state index contributed by atoms with van der Waals surface area (Å²) in [7, 11) is 3.11. The Morgan fingerprint density at radius 1 is 1.35 bits per heavy atom. The third-order valence-electron chi connectivity index (χ3n) is 2.77. The van der Waals surface area contributed by atoms with Crippen molar-refractivity contribution in [2.24, 2.45) is 0 Å². The number of halogens is 1. The van der Waals surface area contributed by atoms with E-state index >= 15 is 0 Å². The molecule has 0 aliphatic rings. The first kappa shape index (κ1) is 16.9. The van der Waals surface area contributed by atoms with Crippen LogP contribution in [0.1, 0.15) is 28.8 Å². The smallest absolute Gasteiger partial charge is 0.261 e. The van der Waals surface area contributed by atoms with Gasteiger partial charge in [-0.05, 0) is 37.5 Å². The van der Waals surface area contributed by atoms with Gasteiger partial charge in [-0.1, -0.05) is 6.07 Å². The van der Waals surface area contributed by atoms with E-state index in [4.69, 9.17) is 15.4 Å². The van der Waals surface area contributed by atoms with Gasteiger partial charge >= 0.3 is 0 Å². The van der Waals surface area contributed by atoms with Crippen LogP contribution < -0.4 is 5.32 Å². The fraction of sp³-hybridized carbons (Fsp3) is 0.462. The highest BCUT2D eigenvalue weighted by molar-refractivity contribution is 8.13. The van der Waals surface area contributed by atoms with Crippen LogP contribution in [-0.2, 0) is 13.8 Å². The highest BCUT2D eigenvalue weighted by atomic mass is 35.7. The molecule has 0 saturated heterocycles. The lowest BCUT2D eigenvalue weighted by Gasteiger charge is -2.07. The second-order valence-corrected chi connectivity index (χ2v) is 6.91. The number of rotatable bonds is 7. The van der Waals surface area contributed by atoms with Gasteiger partial charge in [0.05, 0.1) is 4.90 Å². The molecule has 1 rings (SSSR count). The van der Waals surface area contributed by atoms with Gasteiger partial charge in [-0.25, -0.2) is 8.42 Å². The van der Waals surface area contributed by atoms with Crippen molar-refractivity contribution in [2.75, 3.05) is 20.3 Å². The second-order valence-electron chi connectivity index (χ2n) is 4.37. The molecule has 112 valence electrons. The number of hydrogen-bond acceptors (Lipinski definition) is 4. The monoisotopic (exact) mass is 319 g/mol. The van der Waals surface area contributed by atoms with Gasteiger partial charge < -0.3 is 10.1 Å². The van der Waals surface area contributed by atoms with Crippen molar-refractivity contribution in [3.8, 4) is 0 Å². The van der Waals surface area contributed by atoms with E-state index in [1.54, 1.807) is 26.2 Å². The molecule has 0 aromatic heterocycles. The molecule has 0 spiro atoms. The zero-order chi connectivity index (χ0) is 15.2. The number of ether oxygens (including phenoxy) is 1. The number of unbranched alkanes of at least 4 members (excludes halogenated alkanes) is 1. The molecule has 0 heterocycles. The Bertz CT molecular complexity index is 572. The molecular weight excluding hydrogens is 302 g/mol. The number of nitrogens with one attached hydrogen (secondary N) is 1. The van der Waals surface area contributed by atoms with Gasteiger partial charge in [0.25, 0.3) is 15.0 Å². The molecule has 20 heavy (non-hydrogen) atoms. The molecule has 0 radical (unpaired) electrons. The van der Waals surface area contributed by atoms with E-state index in [0.717, 1.165) is 12.8 Å². The fourth-order valence-corrected chi connectivity index (χ4v) is 2.90. The van der Waals surface area contributed by atoms with E-state index in [9.17, 15) is 13.2 Å². The molecule has 1 aromatic carbocycles. The number of hydrogen-bond donors (Lipinski definition) is 1. The largest absolute Gasteiger partial charge is 0.385 e. The van der Waals surface area contributed by atoms with Crippen LogP contribution in [0.3, 0.4) is 0 Å². The van der Waals surface area contributed by atoms with Gasteiger partial charge in [-0.3, -0.25) is 4.79 Å². The maximum absolute atomic E-state index is 11.9. The van der Waals surface area contributed by atoms with Gasteiger partial charge in [-0.15, -0.1) is 0 Å². The lowest BCUT2D eigenvalue weighted by molar-refractivity contribution is 0.0951. The highest BCUT2D eigenvalue weighted by Gasteiger charge is 2.16. The SMILES string of the molecule is COCCCCNC(=O)c1ccc(C)c(S(=O)(=O)Cl)c1. The number of aryl methyl sites for hydroxylation is 1. The topological polar surface area (TPSA) is 72.5 Å². The molecule has 0 unspecified atom stereocenters. The summed E-state index contributed by atoms with van der Waals surface area (Å²) in [4.78, 5) is 11.9. The predicted molar refractivity (Wildman–Crippen MR) is 77.7 cm³/mol. The van der Waals surface area contributed by atoms with Crippen molar-refractivity contribution >= 4 is 25.6 Å². The average Bonchev–Trinajstić information content (AvgIpc) is 2.37. The van der Waals surface area contributed by atoms with Crippen LogP contribution in [0.25, 0.3) is 0 Å². The Morgan fingerprint density at radius 2 is 2.05 bits per heavy atom. The third-order valence-corrected chi connectivity index (χ3v) is 4.24. The van der Waals surface area contributed by atoms with Crippen LogP contribution in [0.4, 0.5) is 0 Å². The van der Waals surface area contributed by atoms with E-state index in [2.05, 4.69) is 5.32 Å². The fourth-order valence-electron chi connectivity index (χ4n) is 1.68. The Labute approximate surface area is 123 Å².